The Morgan fingerprint density at radius 3 is 2.07 bits per heavy atom. The van der Waals surface area contributed by atoms with Gasteiger partial charge in [-0.15, -0.1) is 0 Å². The highest BCUT2D eigenvalue weighted by atomic mass is 16.7. The molecule has 5 amide bonds. The summed E-state index contributed by atoms with van der Waals surface area (Å²) in [7, 11) is 0. The molecule has 0 spiro atoms. The Morgan fingerprint density at radius 2 is 1.47 bits per heavy atom. The van der Waals surface area contributed by atoms with Crippen molar-refractivity contribution in [3.8, 4) is 0 Å². The fourth-order valence-corrected chi connectivity index (χ4v) is 6.24. The van der Waals surface area contributed by atoms with E-state index in [0.29, 0.717) is 24.8 Å². The van der Waals surface area contributed by atoms with Gasteiger partial charge in [0.2, 0.25) is 23.5 Å². The Hall–Kier alpha value is -4.57. The van der Waals surface area contributed by atoms with Crippen molar-refractivity contribution in [3.05, 3.63) is 35.9 Å². The molecule has 16 heteroatoms. The molecule has 1 aromatic carbocycles. The van der Waals surface area contributed by atoms with Crippen LogP contribution in [0.4, 0.5) is 4.79 Å². The zero-order valence-electron chi connectivity index (χ0n) is 32.9. The number of ketones is 1. The van der Waals surface area contributed by atoms with Crippen molar-refractivity contribution in [2.24, 2.45) is 11.8 Å². The molecule has 1 aromatic rings. The van der Waals surface area contributed by atoms with Crippen molar-refractivity contribution >= 4 is 41.5 Å². The standard InChI is InChI=1S/C39H59N5O11/c1-7-14-27(33(46)36(49)40-22-29(45)43-32(26-17-12-9-13-18-26)37(50)55-39(4,5)6)41-34(47)28(21-30-52-19-20-53-30)42-35(48)31(25-15-10-8-11-16-25)44-38(51)54-23-24(2)3/h9,12-13,17-18,24-25,27-28,30-32H,7-8,10-11,14-16,19-23H2,1-6H3,(H,40,49)(H,41,47)(H,42,48)(H,43,45)(H,44,51). The molecule has 55 heavy (non-hydrogen) atoms. The topological polar surface area (TPSA) is 217 Å². The van der Waals surface area contributed by atoms with Gasteiger partial charge in [0.05, 0.1) is 32.4 Å². The van der Waals surface area contributed by atoms with E-state index in [1.54, 1.807) is 58.0 Å². The number of esters is 1. The van der Waals surface area contributed by atoms with Crippen LogP contribution in [0.15, 0.2) is 30.3 Å². The van der Waals surface area contributed by atoms with Crippen LogP contribution < -0.4 is 26.6 Å². The Bertz CT molecular complexity index is 1450. The van der Waals surface area contributed by atoms with Gasteiger partial charge in [-0.2, -0.15) is 0 Å². The molecule has 1 aliphatic heterocycles. The minimum atomic E-state index is -1.30. The maximum Gasteiger partial charge on any atom is 0.407 e. The van der Waals surface area contributed by atoms with E-state index in [2.05, 4.69) is 26.6 Å². The van der Waals surface area contributed by atoms with E-state index >= 15 is 0 Å². The molecular formula is C39H59N5O11. The monoisotopic (exact) mass is 773 g/mol. The number of Topliss-reactive ketones (excluding diaryl/α,β-unsaturated/α-hetero) is 1. The van der Waals surface area contributed by atoms with Crippen molar-refractivity contribution in [2.75, 3.05) is 26.4 Å². The van der Waals surface area contributed by atoms with E-state index in [1.165, 1.54) is 0 Å². The van der Waals surface area contributed by atoms with E-state index < -0.39 is 84.1 Å². The Labute approximate surface area is 323 Å². The third kappa shape index (κ3) is 15.6. The van der Waals surface area contributed by atoms with Crippen LogP contribution in [0.25, 0.3) is 0 Å². The maximum atomic E-state index is 13.8. The van der Waals surface area contributed by atoms with Gasteiger partial charge in [0.1, 0.15) is 17.7 Å². The predicted molar refractivity (Wildman–Crippen MR) is 200 cm³/mol. The molecule has 1 aliphatic carbocycles. The second-order valence-electron chi connectivity index (χ2n) is 15.3. The van der Waals surface area contributed by atoms with Crippen molar-refractivity contribution in [1.29, 1.82) is 0 Å². The fourth-order valence-electron chi connectivity index (χ4n) is 6.24. The summed E-state index contributed by atoms with van der Waals surface area (Å²) in [5.41, 5.74) is -0.373. The molecular weight excluding hydrogens is 714 g/mol. The van der Waals surface area contributed by atoms with Crippen LogP contribution >= 0.6 is 0 Å². The van der Waals surface area contributed by atoms with Gasteiger partial charge in [-0.05, 0) is 57.4 Å². The van der Waals surface area contributed by atoms with E-state index in [0.717, 1.165) is 19.3 Å². The molecule has 2 aliphatic rings. The summed E-state index contributed by atoms with van der Waals surface area (Å²) >= 11 is 0. The third-order valence-electron chi connectivity index (χ3n) is 8.90. The zero-order valence-corrected chi connectivity index (χ0v) is 32.9. The minimum Gasteiger partial charge on any atom is -0.458 e. The Kier molecular flexibility index (Phi) is 18.0. The molecule has 2 fully saturated rings. The molecule has 306 valence electrons. The number of alkyl carbamates (subject to hydrolysis) is 1. The number of nitrogens with one attached hydrogen (secondary N) is 5. The molecule has 5 N–H and O–H groups in total. The first-order valence-electron chi connectivity index (χ1n) is 19.2. The normalized spacial score (nSPS) is 17.2. The number of carbonyl (C=O) groups excluding carboxylic acids is 7. The van der Waals surface area contributed by atoms with Gasteiger partial charge in [-0.3, -0.25) is 24.0 Å². The molecule has 0 bridgehead atoms. The largest absolute Gasteiger partial charge is 0.458 e. The van der Waals surface area contributed by atoms with E-state index in [4.69, 9.17) is 18.9 Å². The van der Waals surface area contributed by atoms with Crippen molar-refractivity contribution in [2.45, 2.75) is 129 Å². The van der Waals surface area contributed by atoms with Gasteiger partial charge < -0.3 is 45.5 Å². The molecule has 3 rings (SSSR count). The maximum absolute atomic E-state index is 13.8. The lowest BCUT2D eigenvalue weighted by Gasteiger charge is -2.31. The summed E-state index contributed by atoms with van der Waals surface area (Å²) in [5, 5.41) is 12.9. The zero-order chi connectivity index (χ0) is 40.5. The van der Waals surface area contributed by atoms with Crippen LogP contribution in [0.1, 0.15) is 105 Å². The van der Waals surface area contributed by atoms with E-state index in [1.807, 2.05) is 13.8 Å². The molecule has 1 saturated heterocycles. The lowest BCUT2D eigenvalue weighted by molar-refractivity contribution is -0.158. The second-order valence-corrected chi connectivity index (χ2v) is 15.3. The summed E-state index contributed by atoms with van der Waals surface area (Å²) in [6.07, 6.45) is 2.97. The summed E-state index contributed by atoms with van der Waals surface area (Å²) in [4.78, 5) is 92.7. The van der Waals surface area contributed by atoms with Crippen LogP contribution in [0.2, 0.25) is 0 Å². The summed E-state index contributed by atoms with van der Waals surface area (Å²) in [6, 6.07) is 3.70. The van der Waals surface area contributed by atoms with Gasteiger partial charge in [-0.1, -0.05) is 76.8 Å². The summed E-state index contributed by atoms with van der Waals surface area (Å²) in [5.74, 6) is -5.08. The van der Waals surface area contributed by atoms with Gasteiger partial charge in [0, 0.05) is 6.42 Å². The molecule has 16 nitrogen and oxygen atoms in total. The highest BCUT2D eigenvalue weighted by molar-refractivity contribution is 6.38. The molecule has 4 unspecified atom stereocenters. The van der Waals surface area contributed by atoms with E-state index in [9.17, 15) is 33.6 Å². The smallest absolute Gasteiger partial charge is 0.407 e. The van der Waals surface area contributed by atoms with Crippen LogP contribution in [0.3, 0.4) is 0 Å². The highest BCUT2D eigenvalue weighted by Gasteiger charge is 2.37. The second kappa shape index (κ2) is 22.1. The molecule has 1 heterocycles. The number of hydrogen-bond donors (Lipinski definition) is 5. The van der Waals surface area contributed by atoms with Crippen LogP contribution in [0.5, 0.6) is 0 Å². The first-order valence-corrected chi connectivity index (χ1v) is 19.2. The van der Waals surface area contributed by atoms with Crippen LogP contribution in [0, 0.1) is 11.8 Å². The average Bonchev–Trinajstić information content (AvgIpc) is 3.66. The first kappa shape index (κ1) is 44.8. The number of hydrogen-bond acceptors (Lipinski definition) is 11. The van der Waals surface area contributed by atoms with Crippen LogP contribution in [-0.4, -0.2) is 97.9 Å². The van der Waals surface area contributed by atoms with Crippen molar-refractivity contribution in [3.63, 3.8) is 0 Å². The average molecular weight is 774 g/mol. The lowest BCUT2D eigenvalue weighted by Crippen LogP contribution is -2.59. The number of ether oxygens (including phenoxy) is 4. The minimum absolute atomic E-state index is 0.0734. The van der Waals surface area contributed by atoms with Crippen molar-refractivity contribution < 1.29 is 52.5 Å². The van der Waals surface area contributed by atoms with Crippen molar-refractivity contribution in [1.82, 2.24) is 26.6 Å². The molecule has 0 aromatic heterocycles. The molecule has 0 radical (unpaired) electrons. The number of amides is 5. The molecule has 1 saturated carbocycles. The lowest BCUT2D eigenvalue weighted by atomic mass is 9.83. The molecule has 4 atom stereocenters. The highest BCUT2D eigenvalue weighted by Crippen LogP contribution is 2.27. The number of carbonyl (C=O) groups is 7. The number of rotatable bonds is 19. The first-order chi connectivity index (χ1) is 26.1. The van der Waals surface area contributed by atoms with Gasteiger partial charge in [0.15, 0.2) is 12.3 Å². The predicted octanol–water partition coefficient (Wildman–Crippen LogP) is 2.73. The summed E-state index contributed by atoms with van der Waals surface area (Å²) < 4.78 is 21.9. The summed E-state index contributed by atoms with van der Waals surface area (Å²) in [6.45, 7) is 10.7. The SMILES string of the molecule is CCCC(NC(=O)C(CC1OCCO1)NC(=O)C(NC(=O)OCC(C)C)C1CCCCC1)C(=O)C(=O)NCC(=O)NC(C(=O)OC(C)(C)C)c1ccccc1. The quantitative estimate of drug-likeness (QED) is 0.102. The van der Waals surface area contributed by atoms with Crippen LogP contribution in [-0.2, 0) is 47.7 Å². The van der Waals surface area contributed by atoms with E-state index in [-0.39, 0.29) is 44.5 Å². The Morgan fingerprint density at radius 1 is 0.836 bits per heavy atom. The van der Waals surface area contributed by atoms with Gasteiger partial charge in [-0.25, -0.2) is 9.59 Å². The fraction of sp³-hybridized carbons (Fsp3) is 0.667. The Balaban J connectivity index is 1.70. The third-order valence-corrected chi connectivity index (χ3v) is 8.90. The van der Waals surface area contributed by atoms with Gasteiger partial charge >= 0.3 is 12.1 Å². The van der Waals surface area contributed by atoms with Gasteiger partial charge in [0.25, 0.3) is 5.91 Å². The number of benzene rings is 1.